The van der Waals surface area contributed by atoms with E-state index in [0.717, 1.165) is 0 Å². The van der Waals surface area contributed by atoms with Crippen LogP contribution in [0.5, 0.6) is 0 Å². The molecule has 6 nitrogen and oxygen atoms in total. The van der Waals surface area contributed by atoms with Crippen LogP contribution in [-0.2, 0) is 0 Å². The first-order valence-electron chi connectivity index (χ1n) is 5.95. The van der Waals surface area contributed by atoms with E-state index in [1.165, 1.54) is 11.8 Å². The van der Waals surface area contributed by atoms with Gasteiger partial charge >= 0.3 is 0 Å². The van der Waals surface area contributed by atoms with Crippen molar-refractivity contribution in [1.29, 1.82) is 0 Å². The summed E-state index contributed by atoms with van der Waals surface area (Å²) in [5.41, 5.74) is 6.10. The van der Waals surface area contributed by atoms with Crippen molar-refractivity contribution >= 4 is 17.3 Å². The molecular weight excluding hydrogens is 246 g/mol. The number of rotatable bonds is 5. The van der Waals surface area contributed by atoms with Gasteiger partial charge in [0, 0.05) is 26.2 Å². The van der Waals surface area contributed by atoms with Crippen molar-refractivity contribution in [2.24, 2.45) is 0 Å². The molecule has 5 N–H and O–H groups in total. The van der Waals surface area contributed by atoms with Gasteiger partial charge in [0.2, 0.25) is 0 Å². The molecule has 0 spiro atoms. The predicted molar refractivity (Wildman–Crippen MR) is 75.1 cm³/mol. The normalized spacial score (nSPS) is 13.7. The van der Waals surface area contributed by atoms with Crippen LogP contribution in [0, 0.1) is 0 Å². The second-order valence-electron chi connectivity index (χ2n) is 5.01. The van der Waals surface area contributed by atoms with Crippen LogP contribution in [0.1, 0.15) is 17.3 Å². The van der Waals surface area contributed by atoms with Gasteiger partial charge in [0.1, 0.15) is 5.60 Å². The van der Waals surface area contributed by atoms with Crippen molar-refractivity contribution < 1.29 is 15.0 Å². The van der Waals surface area contributed by atoms with Gasteiger partial charge in [-0.3, -0.25) is 4.79 Å². The molecule has 0 radical (unpaired) electrons. The minimum Gasteiger partial charge on any atom is -0.397 e. The molecule has 1 amide bonds. The van der Waals surface area contributed by atoms with Gasteiger partial charge in [-0.2, -0.15) is 0 Å². The SMILES string of the molecule is CN(C)C(=O)c1ccc(N)c(NCC(C)(O)CO)c1. The van der Waals surface area contributed by atoms with Crippen LogP contribution in [0.4, 0.5) is 11.4 Å². The average molecular weight is 267 g/mol. The Labute approximate surface area is 112 Å². The topological polar surface area (TPSA) is 98.8 Å². The maximum atomic E-state index is 11.8. The molecule has 19 heavy (non-hydrogen) atoms. The standard InChI is InChI=1S/C13H21N3O3/c1-13(19,8-17)7-15-11-6-9(4-5-10(11)14)12(18)16(2)3/h4-6,15,17,19H,7-8,14H2,1-3H3. The number of anilines is 2. The molecular formula is C13H21N3O3. The van der Waals surface area contributed by atoms with Crippen LogP contribution in [-0.4, -0.2) is 53.9 Å². The molecule has 1 atom stereocenters. The van der Waals surface area contributed by atoms with E-state index in [1.807, 2.05) is 0 Å². The minimum absolute atomic E-state index is 0.128. The molecule has 1 unspecified atom stereocenters. The fraction of sp³-hybridized carbons (Fsp3) is 0.462. The highest BCUT2D eigenvalue weighted by molar-refractivity contribution is 5.95. The summed E-state index contributed by atoms with van der Waals surface area (Å²) in [5, 5.41) is 21.6. The van der Waals surface area contributed by atoms with E-state index in [0.29, 0.717) is 16.9 Å². The van der Waals surface area contributed by atoms with Crippen LogP contribution in [0.15, 0.2) is 18.2 Å². The summed E-state index contributed by atoms with van der Waals surface area (Å²) in [7, 11) is 3.34. The van der Waals surface area contributed by atoms with Gasteiger partial charge in [-0.25, -0.2) is 0 Å². The molecule has 1 aromatic carbocycles. The highest BCUT2D eigenvalue weighted by atomic mass is 16.3. The molecule has 0 saturated heterocycles. The van der Waals surface area contributed by atoms with Crippen LogP contribution in [0.2, 0.25) is 0 Å². The second-order valence-corrected chi connectivity index (χ2v) is 5.01. The summed E-state index contributed by atoms with van der Waals surface area (Å²) in [5.74, 6) is -0.128. The fourth-order valence-electron chi connectivity index (χ4n) is 1.44. The number of hydrogen-bond donors (Lipinski definition) is 4. The molecule has 0 aromatic heterocycles. The van der Waals surface area contributed by atoms with E-state index in [-0.39, 0.29) is 19.1 Å². The zero-order valence-electron chi connectivity index (χ0n) is 11.5. The monoisotopic (exact) mass is 267 g/mol. The first-order valence-corrected chi connectivity index (χ1v) is 5.95. The van der Waals surface area contributed by atoms with Gasteiger partial charge in [0.15, 0.2) is 0 Å². The Morgan fingerprint density at radius 1 is 1.47 bits per heavy atom. The fourth-order valence-corrected chi connectivity index (χ4v) is 1.44. The highest BCUT2D eigenvalue weighted by Crippen LogP contribution is 2.21. The summed E-state index contributed by atoms with van der Waals surface area (Å²) in [6.07, 6.45) is 0. The number of nitrogens with zero attached hydrogens (tertiary/aromatic N) is 1. The first-order chi connectivity index (χ1) is 8.76. The molecule has 0 heterocycles. The molecule has 0 fully saturated rings. The predicted octanol–water partition coefficient (Wildman–Crippen LogP) is 0.126. The van der Waals surface area contributed by atoms with E-state index >= 15 is 0 Å². The lowest BCUT2D eigenvalue weighted by Gasteiger charge is -2.22. The zero-order valence-corrected chi connectivity index (χ0v) is 11.5. The number of nitrogens with two attached hydrogens (primary N) is 1. The number of aliphatic hydroxyl groups is 2. The van der Waals surface area contributed by atoms with Crippen molar-refractivity contribution in [3.05, 3.63) is 23.8 Å². The third-order valence-corrected chi connectivity index (χ3v) is 2.71. The molecule has 106 valence electrons. The number of aliphatic hydroxyl groups excluding tert-OH is 1. The van der Waals surface area contributed by atoms with Crippen LogP contribution < -0.4 is 11.1 Å². The molecule has 0 aliphatic heterocycles. The van der Waals surface area contributed by atoms with Crippen molar-refractivity contribution in [3.63, 3.8) is 0 Å². The Hall–Kier alpha value is -1.79. The van der Waals surface area contributed by atoms with Crippen molar-refractivity contribution in [3.8, 4) is 0 Å². The number of benzene rings is 1. The summed E-state index contributed by atoms with van der Waals surface area (Å²) < 4.78 is 0. The van der Waals surface area contributed by atoms with Crippen molar-refractivity contribution in [2.45, 2.75) is 12.5 Å². The second kappa shape index (κ2) is 5.90. The maximum Gasteiger partial charge on any atom is 0.253 e. The van der Waals surface area contributed by atoms with Gasteiger partial charge < -0.3 is 26.2 Å². The molecule has 0 aliphatic rings. The average Bonchev–Trinajstić information content (AvgIpc) is 2.37. The Kier molecular flexibility index (Phi) is 4.74. The lowest BCUT2D eigenvalue weighted by Crippen LogP contribution is -2.37. The van der Waals surface area contributed by atoms with Crippen LogP contribution in [0.25, 0.3) is 0 Å². The Morgan fingerprint density at radius 2 is 2.11 bits per heavy atom. The smallest absolute Gasteiger partial charge is 0.253 e. The number of hydrogen-bond acceptors (Lipinski definition) is 5. The van der Waals surface area contributed by atoms with Gasteiger partial charge in [-0.05, 0) is 25.1 Å². The summed E-state index contributed by atoms with van der Waals surface area (Å²) in [6.45, 7) is 1.27. The third-order valence-electron chi connectivity index (χ3n) is 2.71. The largest absolute Gasteiger partial charge is 0.397 e. The zero-order chi connectivity index (χ0) is 14.6. The quantitative estimate of drug-likeness (QED) is 0.568. The number of carbonyl (C=O) groups excluding carboxylic acids is 1. The highest BCUT2D eigenvalue weighted by Gasteiger charge is 2.19. The first kappa shape index (κ1) is 15.3. The summed E-state index contributed by atoms with van der Waals surface area (Å²) in [6, 6.07) is 4.91. The van der Waals surface area contributed by atoms with Gasteiger partial charge in [-0.1, -0.05) is 0 Å². The van der Waals surface area contributed by atoms with E-state index in [1.54, 1.807) is 32.3 Å². The number of amides is 1. The van der Waals surface area contributed by atoms with E-state index in [2.05, 4.69) is 5.32 Å². The van der Waals surface area contributed by atoms with Crippen LogP contribution >= 0.6 is 0 Å². The minimum atomic E-state index is -1.24. The van der Waals surface area contributed by atoms with E-state index in [9.17, 15) is 9.90 Å². The van der Waals surface area contributed by atoms with Gasteiger partial charge in [-0.15, -0.1) is 0 Å². The van der Waals surface area contributed by atoms with E-state index < -0.39 is 5.60 Å². The Morgan fingerprint density at radius 3 is 2.63 bits per heavy atom. The third kappa shape index (κ3) is 4.11. The maximum absolute atomic E-state index is 11.8. The molecule has 6 heteroatoms. The van der Waals surface area contributed by atoms with Crippen molar-refractivity contribution in [1.82, 2.24) is 4.90 Å². The Balaban J connectivity index is 2.89. The lowest BCUT2D eigenvalue weighted by atomic mass is 10.1. The summed E-state index contributed by atoms with van der Waals surface area (Å²) in [4.78, 5) is 13.3. The van der Waals surface area contributed by atoms with Gasteiger partial charge in [0.25, 0.3) is 5.91 Å². The Bertz CT molecular complexity index is 458. The molecule has 0 saturated carbocycles. The van der Waals surface area contributed by atoms with Crippen LogP contribution in [0.3, 0.4) is 0 Å². The number of nitrogens with one attached hydrogen (secondary N) is 1. The summed E-state index contributed by atoms with van der Waals surface area (Å²) >= 11 is 0. The lowest BCUT2D eigenvalue weighted by molar-refractivity contribution is 0.0132. The van der Waals surface area contributed by atoms with E-state index in [4.69, 9.17) is 10.8 Å². The number of carbonyl (C=O) groups is 1. The van der Waals surface area contributed by atoms with Crippen molar-refractivity contribution in [2.75, 3.05) is 38.3 Å². The van der Waals surface area contributed by atoms with Gasteiger partial charge in [0.05, 0.1) is 18.0 Å². The molecule has 1 rings (SSSR count). The molecule has 0 bridgehead atoms. The molecule has 0 aliphatic carbocycles. The molecule has 1 aromatic rings. The number of nitrogen functional groups attached to an aromatic ring is 1.